The van der Waals surface area contributed by atoms with Gasteiger partial charge < -0.3 is 10.2 Å². The molecule has 0 radical (unpaired) electrons. The zero-order chi connectivity index (χ0) is 17.8. The van der Waals surface area contributed by atoms with Crippen molar-refractivity contribution in [3.05, 3.63) is 60.4 Å². The van der Waals surface area contributed by atoms with E-state index in [1.165, 1.54) is 0 Å². The number of aryl methyl sites for hydroxylation is 1. The Kier molecular flexibility index (Phi) is 4.68. The number of nitrogens with zero attached hydrogens (tertiary/aromatic N) is 6. The van der Waals surface area contributed by atoms with Gasteiger partial charge in [-0.05, 0) is 38.0 Å². The summed E-state index contributed by atoms with van der Waals surface area (Å²) in [6.45, 7) is 3.77. The van der Waals surface area contributed by atoms with Crippen LogP contribution in [0.5, 0.6) is 0 Å². The van der Waals surface area contributed by atoms with Crippen molar-refractivity contribution in [1.29, 1.82) is 0 Å². The molecular formula is C19H21N7. The van der Waals surface area contributed by atoms with Crippen molar-refractivity contribution in [2.75, 3.05) is 23.3 Å². The summed E-state index contributed by atoms with van der Waals surface area (Å²) in [5, 5.41) is 3.33. The molecule has 4 heterocycles. The maximum Gasteiger partial charge on any atom is 0.225 e. The fourth-order valence-electron chi connectivity index (χ4n) is 3.31. The quantitative estimate of drug-likeness (QED) is 0.777. The molecule has 132 valence electrons. The molecule has 3 aromatic rings. The molecule has 3 aromatic heterocycles. The van der Waals surface area contributed by atoms with E-state index in [1.54, 1.807) is 24.8 Å². The number of rotatable bonds is 4. The summed E-state index contributed by atoms with van der Waals surface area (Å²) in [7, 11) is 0. The largest absolute Gasteiger partial charge is 0.340 e. The lowest BCUT2D eigenvalue weighted by Gasteiger charge is -2.32. The van der Waals surface area contributed by atoms with Crippen LogP contribution in [0.25, 0.3) is 0 Å². The molecular weight excluding hydrogens is 326 g/mol. The maximum atomic E-state index is 4.63. The molecule has 1 atom stereocenters. The molecule has 0 bridgehead atoms. The van der Waals surface area contributed by atoms with Crippen LogP contribution in [-0.2, 0) is 0 Å². The number of pyridine rings is 1. The average Bonchev–Trinajstić information content (AvgIpc) is 2.69. The molecule has 0 aromatic carbocycles. The first kappa shape index (κ1) is 16.4. The van der Waals surface area contributed by atoms with Gasteiger partial charge in [0.2, 0.25) is 5.95 Å². The van der Waals surface area contributed by atoms with Crippen LogP contribution in [0.2, 0.25) is 0 Å². The second-order valence-corrected chi connectivity index (χ2v) is 6.41. The molecule has 1 fully saturated rings. The van der Waals surface area contributed by atoms with Crippen LogP contribution >= 0.6 is 0 Å². The number of hydrogen-bond donors (Lipinski definition) is 1. The molecule has 1 saturated heterocycles. The van der Waals surface area contributed by atoms with E-state index in [9.17, 15) is 0 Å². The summed E-state index contributed by atoms with van der Waals surface area (Å²) < 4.78 is 0. The van der Waals surface area contributed by atoms with Crippen molar-refractivity contribution < 1.29 is 0 Å². The number of aromatic nitrogens is 5. The highest BCUT2D eigenvalue weighted by atomic mass is 15.3. The van der Waals surface area contributed by atoms with Gasteiger partial charge in [0, 0.05) is 49.5 Å². The van der Waals surface area contributed by atoms with Gasteiger partial charge in [-0.2, -0.15) is 0 Å². The summed E-state index contributed by atoms with van der Waals surface area (Å²) in [5.74, 6) is 2.60. The fraction of sp³-hybridized carbons (Fsp3) is 0.316. The van der Waals surface area contributed by atoms with Gasteiger partial charge in [0.15, 0.2) is 5.82 Å². The lowest BCUT2D eigenvalue weighted by atomic mass is 9.94. The van der Waals surface area contributed by atoms with Crippen LogP contribution in [-0.4, -0.2) is 38.0 Å². The van der Waals surface area contributed by atoms with Gasteiger partial charge in [-0.1, -0.05) is 6.07 Å². The van der Waals surface area contributed by atoms with Gasteiger partial charge in [-0.15, -0.1) is 0 Å². The van der Waals surface area contributed by atoms with Gasteiger partial charge in [0.25, 0.3) is 0 Å². The van der Waals surface area contributed by atoms with Crippen LogP contribution < -0.4 is 10.2 Å². The smallest absolute Gasteiger partial charge is 0.225 e. The second kappa shape index (κ2) is 7.43. The Bertz CT molecular complexity index is 869. The molecule has 1 aliphatic rings. The number of hydrogen-bond acceptors (Lipinski definition) is 7. The third-order valence-corrected chi connectivity index (χ3v) is 4.50. The maximum absolute atomic E-state index is 4.63. The average molecular weight is 347 g/mol. The highest BCUT2D eigenvalue weighted by Gasteiger charge is 2.26. The lowest BCUT2D eigenvalue weighted by molar-refractivity contribution is 0.495. The summed E-state index contributed by atoms with van der Waals surface area (Å²) >= 11 is 0. The van der Waals surface area contributed by atoms with Gasteiger partial charge >= 0.3 is 0 Å². The predicted molar refractivity (Wildman–Crippen MR) is 101 cm³/mol. The van der Waals surface area contributed by atoms with E-state index < -0.39 is 0 Å². The van der Waals surface area contributed by atoms with E-state index in [4.69, 9.17) is 0 Å². The molecule has 1 unspecified atom stereocenters. The Labute approximate surface area is 152 Å². The van der Waals surface area contributed by atoms with Gasteiger partial charge in [0.05, 0.1) is 5.69 Å². The van der Waals surface area contributed by atoms with E-state index in [0.717, 1.165) is 54.9 Å². The fourth-order valence-corrected chi connectivity index (χ4v) is 3.31. The van der Waals surface area contributed by atoms with E-state index >= 15 is 0 Å². The molecule has 0 spiro atoms. The Morgan fingerprint density at radius 1 is 1.00 bits per heavy atom. The minimum Gasteiger partial charge on any atom is -0.340 e. The molecule has 7 nitrogen and oxygen atoms in total. The topological polar surface area (TPSA) is 79.7 Å². The Morgan fingerprint density at radius 2 is 1.85 bits per heavy atom. The second-order valence-electron chi connectivity index (χ2n) is 6.41. The van der Waals surface area contributed by atoms with Crippen molar-refractivity contribution in [2.24, 2.45) is 0 Å². The third kappa shape index (κ3) is 3.61. The molecule has 1 N–H and O–H groups in total. The molecule has 0 amide bonds. The highest BCUT2D eigenvalue weighted by molar-refractivity contribution is 5.55. The Morgan fingerprint density at radius 3 is 2.69 bits per heavy atom. The zero-order valence-electron chi connectivity index (χ0n) is 14.7. The molecule has 7 heteroatoms. The van der Waals surface area contributed by atoms with E-state index in [-0.39, 0.29) is 5.92 Å². The first-order valence-electron chi connectivity index (χ1n) is 8.83. The van der Waals surface area contributed by atoms with E-state index in [0.29, 0.717) is 0 Å². The summed E-state index contributed by atoms with van der Waals surface area (Å²) in [6.07, 6.45) is 9.17. The molecule has 26 heavy (non-hydrogen) atoms. The Hall–Kier alpha value is -3.09. The normalized spacial score (nSPS) is 17.1. The standard InChI is InChI=1S/C19H21N7/c1-14-5-2-7-16(24-14)25-18-17(20-10-11-21-18)15-6-3-12-26(13-15)19-22-8-4-9-23-19/h2,4-5,7-11,15H,3,6,12-13H2,1H3,(H,21,24,25). The summed E-state index contributed by atoms with van der Waals surface area (Å²) in [5.41, 5.74) is 1.93. The van der Waals surface area contributed by atoms with Crippen molar-refractivity contribution >= 4 is 17.6 Å². The van der Waals surface area contributed by atoms with Gasteiger partial charge in [-0.25, -0.2) is 19.9 Å². The third-order valence-electron chi connectivity index (χ3n) is 4.50. The van der Waals surface area contributed by atoms with Crippen molar-refractivity contribution in [3.63, 3.8) is 0 Å². The minimum absolute atomic E-state index is 0.272. The Balaban J connectivity index is 1.57. The predicted octanol–water partition coefficient (Wildman–Crippen LogP) is 3.10. The van der Waals surface area contributed by atoms with Gasteiger partial charge in [-0.3, -0.25) is 4.98 Å². The van der Waals surface area contributed by atoms with Crippen LogP contribution in [0.15, 0.2) is 49.1 Å². The first-order valence-corrected chi connectivity index (χ1v) is 8.83. The first-order chi connectivity index (χ1) is 12.8. The van der Waals surface area contributed by atoms with Crippen LogP contribution in [0.3, 0.4) is 0 Å². The minimum atomic E-state index is 0.272. The number of nitrogens with one attached hydrogen (secondary N) is 1. The van der Waals surface area contributed by atoms with E-state index in [1.807, 2.05) is 31.2 Å². The highest BCUT2D eigenvalue weighted by Crippen LogP contribution is 2.31. The molecule has 0 saturated carbocycles. The van der Waals surface area contributed by atoms with Crippen molar-refractivity contribution in [2.45, 2.75) is 25.7 Å². The molecule has 0 aliphatic carbocycles. The molecule has 1 aliphatic heterocycles. The van der Waals surface area contributed by atoms with Crippen molar-refractivity contribution in [1.82, 2.24) is 24.9 Å². The monoisotopic (exact) mass is 347 g/mol. The summed E-state index contributed by atoms with van der Waals surface area (Å²) in [6, 6.07) is 7.73. The van der Waals surface area contributed by atoms with Crippen molar-refractivity contribution in [3.8, 4) is 0 Å². The molecule has 4 rings (SSSR count). The van der Waals surface area contributed by atoms with Crippen LogP contribution in [0.1, 0.15) is 30.1 Å². The SMILES string of the molecule is Cc1cccc(Nc2nccnc2C2CCCN(c3ncccn3)C2)n1. The zero-order valence-corrected chi connectivity index (χ0v) is 14.7. The lowest BCUT2D eigenvalue weighted by Crippen LogP contribution is -2.36. The number of piperidine rings is 1. The van der Waals surface area contributed by atoms with Crippen LogP contribution in [0.4, 0.5) is 17.6 Å². The van der Waals surface area contributed by atoms with Crippen LogP contribution in [0, 0.1) is 6.92 Å². The van der Waals surface area contributed by atoms with E-state index in [2.05, 4.69) is 35.1 Å². The number of anilines is 3. The summed E-state index contributed by atoms with van der Waals surface area (Å²) in [4.78, 5) is 24.6. The van der Waals surface area contributed by atoms with Gasteiger partial charge in [0.1, 0.15) is 5.82 Å².